The third-order valence-electron chi connectivity index (χ3n) is 4.03. The molecule has 2 rings (SSSR count). The maximum Gasteiger partial charge on any atom is 0.161 e. The van der Waals surface area contributed by atoms with E-state index in [1.807, 2.05) is 60.7 Å². The summed E-state index contributed by atoms with van der Waals surface area (Å²) in [6, 6.07) is 17.8. The summed E-state index contributed by atoms with van der Waals surface area (Å²) in [5, 5.41) is 11.8. The van der Waals surface area contributed by atoms with Crippen molar-refractivity contribution in [2.45, 2.75) is 39.9 Å². The molecular weight excluding hydrogens is 314 g/mol. The van der Waals surface area contributed by atoms with E-state index in [-0.39, 0.29) is 5.78 Å². The van der Waals surface area contributed by atoms with Crippen LogP contribution in [0.3, 0.4) is 0 Å². The van der Waals surface area contributed by atoms with E-state index in [1.165, 1.54) is 0 Å². The van der Waals surface area contributed by atoms with Gasteiger partial charge in [0.1, 0.15) is 6.04 Å². The summed E-state index contributed by atoms with van der Waals surface area (Å²) in [5.74, 6) is -1.70. The second kappa shape index (κ2) is 8.08. The first-order chi connectivity index (χ1) is 11.8. The Morgan fingerprint density at radius 3 is 1.60 bits per heavy atom. The molecule has 0 aliphatic heterocycles. The van der Waals surface area contributed by atoms with Gasteiger partial charge in [-0.05, 0) is 11.1 Å². The highest BCUT2D eigenvalue weighted by Gasteiger charge is 2.34. The van der Waals surface area contributed by atoms with Crippen LogP contribution in [0.25, 0.3) is 0 Å². The number of nitrogens with zero attached hydrogens (tertiary/aromatic N) is 1. The number of carbonyl (C=O) groups excluding carboxylic acids is 2. The summed E-state index contributed by atoms with van der Waals surface area (Å²) in [6.45, 7) is 5.91. The van der Waals surface area contributed by atoms with Crippen LogP contribution in [0.1, 0.15) is 31.9 Å². The smallest absolute Gasteiger partial charge is 0.161 e. The van der Waals surface area contributed by atoms with Crippen molar-refractivity contribution in [2.24, 2.45) is 5.41 Å². The van der Waals surface area contributed by atoms with Crippen LogP contribution in [0.4, 0.5) is 0 Å². The minimum atomic E-state index is -1.35. The number of rotatable bonds is 7. The van der Waals surface area contributed by atoms with E-state index in [0.29, 0.717) is 13.1 Å². The van der Waals surface area contributed by atoms with Gasteiger partial charge in [-0.2, -0.15) is 0 Å². The zero-order valence-corrected chi connectivity index (χ0v) is 14.9. The minimum Gasteiger partial charge on any atom is -0.548 e. The Morgan fingerprint density at radius 1 is 0.880 bits per heavy atom. The van der Waals surface area contributed by atoms with Crippen LogP contribution < -0.4 is 5.11 Å². The molecule has 25 heavy (non-hydrogen) atoms. The first-order valence-electron chi connectivity index (χ1n) is 8.36. The normalized spacial score (nSPS) is 12.8. The first kappa shape index (κ1) is 18.9. The van der Waals surface area contributed by atoms with Gasteiger partial charge in [-0.1, -0.05) is 81.4 Å². The third-order valence-corrected chi connectivity index (χ3v) is 4.03. The molecule has 1 atom stereocenters. The van der Waals surface area contributed by atoms with Crippen LogP contribution in [0.5, 0.6) is 0 Å². The lowest BCUT2D eigenvalue weighted by molar-refractivity contribution is -0.310. The van der Waals surface area contributed by atoms with Crippen LogP contribution in [-0.2, 0) is 22.7 Å². The Kier molecular flexibility index (Phi) is 6.10. The van der Waals surface area contributed by atoms with E-state index in [0.717, 1.165) is 11.1 Å². The maximum absolute atomic E-state index is 12.8. The summed E-state index contributed by atoms with van der Waals surface area (Å²) in [5.41, 5.74) is 1.13. The number of ketones is 1. The van der Waals surface area contributed by atoms with Crippen molar-refractivity contribution in [1.82, 2.24) is 4.90 Å². The van der Waals surface area contributed by atoms with E-state index in [4.69, 9.17) is 0 Å². The monoisotopic (exact) mass is 338 g/mol. The molecule has 0 aliphatic rings. The molecular formula is C21H24NO3-. The molecule has 0 radical (unpaired) electrons. The quantitative estimate of drug-likeness (QED) is 0.728. The van der Waals surface area contributed by atoms with Gasteiger partial charge >= 0.3 is 0 Å². The Labute approximate surface area is 149 Å². The maximum atomic E-state index is 12.8. The van der Waals surface area contributed by atoms with E-state index >= 15 is 0 Å². The number of aliphatic carboxylic acids is 1. The largest absolute Gasteiger partial charge is 0.548 e. The number of Topliss-reactive ketones (excluding diaryl/α,β-unsaturated/α-hetero) is 1. The van der Waals surface area contributed by atoms with Crippen molar-refractivity contribution in [3.63, 3.8) is 0 Å². The second-order valence-corrected chi connectivity index (χ2v) is 7.21. The molecule has 0 amide bonds. The Hall–Kier alpha value is -2.46. The van der Waals surface area contributed by atoms with Crippen molar-refractivity contribution in [3.8, 4) is 0 Å². The number of carbonyl (C=O) groups is 2. The Bertz CT molecular complexity index is 663. The second-order valence-electron chi connectivity index (χ2n) is 7.21. The van der Waals surface area contributed by atoms with Gasteiger partial charge in [0.05, 0.1) is 5.97 Å². The van der Waals surface area contributed by atoms with Crippen molar-refractivity contribution in [1.29, 1.82) is 0 Å². The summed E-state index contributed by atoms with van der Waals surface area (Å²) >= 11 is 0. The van der Waals surface area contributed by atoms with Crippen LogP contribution in [0.15, 0.2) is 60.7 Å². The molecule has 0 fully saturated rings. The molecule has 0 bridgehead atoms. The van der Waals surface area contributed by atoms with E-state index < -0.39 is 17.4 Å². The third kappa shape index (κ3) is 5.26. The van der Waals surface area contributed by atoms with E-state index in [2.05, 4.69) is 0 Å². The van der Waals surface area contributed by atoms with E-state index in [9.17, 15) is 14.7 Å². The fraction of sp³-hybridized carbons (Fsp3) is 0.333. The molecule has 4 heteroatoms. The highest BCUT2D eigenvalue weighted by molar-refractivity contribution is 6.04. The number of benzene rings is 2. The van der Waals surface area contributed by atoms with Gasteiger partial charge < -0.3 is 9.90 Å². The lowest BCUT2D eigenvalue weighted by atomic mass is 9.85. The predicted molar refractivity (Wildman–Crippen MR) is 95.4 cm³/mol. The molecule has 0 N–H and O–H groups in total. The van der Waals surface area contributed by atoms with Crippen molar-refractivity contribution >= 4 is 11.8 Å². The fourth-order valence-corrected chi connectivity index (χ4v) is 2.71. The highest BCUT2D eigenvalue weighted by Crippen LogP contribution is 2.22. The standard InChI is InChI=1S/C21H25NO3/c1-21(2,3)19(23)18(20(24)25)22(14-16-10-6-4-7-11-16)15-17-12-8-5-9-13-17/h4-13,18H,14-15H2,1-3H3,(H,24,25)/p-1/t18-/m0/s1. The summed E-state index contributed by atoms with van der Waals surface area (Å²) < 4.78 is 0. The Morgan fingerprint density at radius 2 is 1.28 bits per heavy atom. The number of carboxylic acids is 1. The lowest BCUT2D eigenvalue weighted by Crippen LogP contribution is -2.55. The Balaban J connectivity index is 2.36. The van der Waals surface area contributed by atoms with Crippen molar-refractivity contribution < 1.29 is 14.7 Å². The molecule has 4 nitrogen and oxygen atoms in total. The van der Waals surface area contributed by atoms with Crippen molar-refractivity contribution in [3.05, 3.63) is 71.8 Å². The molecule has 0 aromatic heterocycles. The SMILES string of the molecule is CC(C)(C)C(=O)[C@@H](C(=O)[O-])N(Cc1ccccc1)Cc1ccccc1. The lowest BCUT2D eigenvalue weighted by Gasteiger charge is -2.35. The van der Waals surface area contributed by atoms with Gasteiger partial charge in [0.25, 0.3) is 0 Å². The van der Waals surface area contributed by atoms with Gasteiger partial charge in [0.2, 0.25) is 0 Å². The first-order valence-corrected chi connectivity index (χ1v) is 8.36. The molecule has 0 saturated heterocycles. The van der Waals surface area contributed by atoms with Crippen LogP contribution in [-0.4, -0.2) is 22.7 Å². The zero-order chi connectivity index (χ0) is 18.4. The molecule has 0 unspecified atom stereocenters. The number of carboxylic acid groups (broad SMARTS) is 1. The predicted octanol–water partition coefficient (Wildman–Crippen LogP) is 2.42. The topological polar surface area (TPSA) is 60.4 Å². The number of hydrogen-bond donors (Lipinski definition) is 0. The van der Waals surface area contributed by atoms with Gasteiger partial charge in [0, 0.05) is 18.5 Å². The van der Waals surface area contributed by atoms with E-state index in [1.54, 1.807) is 25.7 Å². The van der Waals surface area contributed by atoms with Crippen LogP contribution >= 0.6 is 0 Å². The van der Waals surface area contributed by atoms with Gasteiger partial charge in [0.15, 0.2) is 5.78 Å². The molecule has 0 spiro atoms. The van der Waals surface area contributed by atoms with Crippen LogP contribution in [0.2, 0.25) is 0 Å². The fourth-order valence-electron chi connectivity index (χ4n) is 2.71. The summed E-state index contributed by atoms with van der Waals surface area (Å²) in [4.78, 5) is 26.3. The molecule has 0 heterocycles. The van der Waals surface area contributed by atoms with Gasteiger partial charge in [-0.15, -0.1) is 0 Å². The van der Waals surface area contributed by atoms with Crippen LogP contribution in [0, 0.1) is 5.41 Å². The molecule has 0 saturated carbocycles. The molecule has 132 valence electrons. The average molecular weight is 338 g/mol. The number of hydrogen-bond acceptors (Lipinski definition) is 4. The highest BCUT2D eigenvalue weighted by atomic mass is 16.4. The zero-order valence-electron chi connectivity index (χ0n) is 14.9. The molecule has 0 aliphatic carbocycles. The summed E-state index contributed by atoms with van der Waals surface area (Å²) in [6.07, 6.45) is 0. The minimum absolute atomic E-state index is 0.348. The average Bonchev–Trinajstić information content (AvgIpc) is 2.55. The van der Waals surface area contributed by atoms with Crippen molar-refractivity contribution in [2.75, 3.05) is 0 Å². The van der Waals surface area contributed by atoms with Gasteiger partial charge in [-0.3, -0.25) is 9.69 Å². The molecule has 2 aromatic carbocycles. The summed E-state index contributed by atoms with van der Waals surface area (Å²) in [7, 11) is 0. The van der Waals surface area contributed by atoms with Gasteiger partial charge in [-0.25, -0.2) is 0 Å². The molecule has 2 aromatic rings.